The van der Waals surface area contributed by atoms with E-state index in [1.165, 1.54) is 5.57 Å². The second-order valence-electron chi connectivity index (χ2n) is 5.10. The molecular weight excluding hydrogens is 269 g/mol. The molecular formula is C14H25F2O2P. The van der Waals surface area contributed by atoms with Crippen LogP contribution in [-0.2, 0) is 4.52 Å². The predicted octanol–water partition coefficient (Wildman–Crippen LogP) is 4.63. The van der Waals surface area contributed by atoms with Crippen molar-refractivity contribution in [2.45, 2.75) is 63.4 Å². The number of hydrogen-bond donors (Lipinski definition) is 1. The van der Waals surface area contributed by atoms with E-state index >= 15 is 0 Å². The average Bonchev–Trinajstić information content (AvgIpc) is 2.42. The zero-order valence-electron chi connectivity index (χ0n) is 11.5. The summed E-state index contributed by atoms with van der Waals surface area (Å²) < 4.78 is 30.1. The largest absolute Gasteiger partial charge is 0.352 e. The summed E-state index contributed by atoms with van der Waals surface area (Å²) in [4.78, 5) is 9.17. The Bertz CT molecular complexity index is 274. The van der Waals surface area contributed by atoms with Crippen LogP contribution in [0.15, 0.2) is 11.6 Å². The molecule has 2 unspecified atom stereocenters. The summed E-state index contributed by atoms with van der Waals surface area (Å²) in [5, 5.41) is 0. The summed E-state index contributed by atoms with van der Waals surface area (Å²) in [6.45, 7) is -0.594. The average molecular weight is 294 g/mol. The summed E-state index contributed by atoms with van der Waals surface area (Å²) in [7, 11) is -0.546. The maximum Gasteiger partial charge on any atom is 0.153 e. The third-order valence-electron chi connectivity index (χ3n) is 3.80. The molecule has 2 atom stereocenters. The van der Waals surface area contributed by atoms with E-state index in [1.807, 2.05) is 0 Å². The minimum atomic E-state index is -0.546. The van der Waals surface area contributed by atoms with Crippen LogP contribution in [0.1, 0.15) is 57.8 Å². The van der Waals surface area contributed by atoms with E-state index in [2.05, 4.69) is 6.08 Å². The van der Waals surface area contributed by atoms with E-state index in [0.717, 1.165) is 44.9 Å². The van der Waals surface area contributed by atoms with Crippen molar-refractivity contribution in [3.8, 4) is 0 Å². The number of hydrogen-bond acceptors (Lipinski definition) is 2. The van der Waals surface area contributed by atoms with Crippen molar-refractivity contribution in [1.29, 1.82) is 0 Å². The Labute approximate surface area is 116 Å². The molecule has 19 heavy (non-hydrogen) atoms. The highest BCUT2D eigenvalue weighted by Crippen LogP contribution is 2.42. The summed E-state index contributed by atoms with van der Waals surface area (Å²) in [6, 6.07) is 0. The number of unbranched alkanes of at least 4 members (excludes halogenated alkanes) is 2. The molecule has 0 saturated carbocycles. The topological polar surface area (TPSA) is 29.5 Å². The summed E-state index contributed by atoms with van der Waals surface area (Å²) in [6.07, 6.45) is 9.38. The van der Waals surface area contributed by atoms with E-state index in [-0.39, 0.29) is 13.3 Å². The normalized spacial score (nSPS) is 24.1. The van der Waals surface area contributed by atoms with E-state index in [1.54, 1.807) is 0 Å². The van der Waals surface area contributed by atoms with Gasteiger partial charge in [-0.05, 0) is 63.4 Å². The fraction of sp³-hybridized carbons (Fsp3) is 0.857. The molecule has 5 heteroatoms. The second-order valence-corrected chi connectivity index (χ2v) is 5.49. The number of allylic oxidation sites excluding steroid dienone is 1. The third-order valence-corrected chi connectivity index (χ3v) is 4.28. The van der Waals surface area contributed by atoms with Gasteiger partial charge in [-0.2, -0.15) is 0 Å². The van der Waals surface area contributed by atoms with Gasteiger partial charge in [0.25, 0.3) is 0 Å². The fourth-order valence-corrected chi connectivity index (χ4v) is 3.31. The zero-order valence-corrected chi connectivity index (χ0v) is 12.5. The van der Waals surface area contributed by atoms with Crippen molar-refractivity contribution < 1.29 is 18.2 Å². The zero-order chi connectivity index (χ0) is 14.0. The van der Waals surface area contributed by atoms with Crippen molar-refractivity contribution in [3.05, 3.63) is 11.6 Å². The number of alkyl halides is 2. The molecule has 0 amide bonds. The molecule has 1 rings (SSSR count). The van der Waals surface area contributed by atoms with Gasteiger partial charge >= 0.3 is 0 Å². The van der Waals surface area contributed by atoms with Gasteiger partial charge in [0.2, 0.25) is 0 Å². The monoisotopic (exact) mass is 294 g/mol. The molecule has 2 nitrogen and oxygen atoms in total. The van der Waals surface area contributed by atoms with Crippen LogP contribution in [0.25, 0.3) is 0 Å². The Hall–Kier alpha value is -0.0500. The molecule has 0 aromatic rings. The Balaban J connectivity index is 2.66. The van der Waals surface area contributed by atoms with Crippen LogP contribution in [0.5, 0.6) is 0 Å². The minimum Gasteiger partial charge on any atom is -0.352 e. The minimum absolute atomic E-state index is 0.287. The first-order chi connectivity index (χ1) is 9.29. The molecule has 0 spiro atoms. The standard InChI is InChI=1S/C14H25F2O2P/c15-11-5-2-8-13-7-1-3-9-14(13,18-19-17)10-4-6-12-16/h7,17,19H,1-6,8-12H2. The lowest BCUT2D eigenvalue weighted by Gasteiger charge is -2.38. The number of halogens is 2. The van der Waals surface area contributed by atoms with Gasteiger partial charge in [0.05, 0.1) is 19.0 Å². The molecule has 0 aromatic heterocycles. The maximum absolute atomic E-state index is 12.3. The molecule has 0 radical (unpaired) electrons. The van der Waals surface area contributed by atoms with E-state index < -0.39 is 14.6 Å². The molecule has 0 saturated heterocycles. The number of rotatable bonds is 10. The first-order valence-corrected chi connectivity index (χ1v) is 8.03. The van der Waals surface area contributed by atoms with Crippen molar-refractivity contribution in [2.75, 3.05) is 13.3 Å². The van der Waals surface area contributed by atoms with Crippen molar-refractivity contribution in [3.63, 3.8) is 0 Å². The van der Waals surface area contributed by atoms with E-state index in [0.29, 0.717) is 12.8 Å². The molecule has 0 bridgehead atoms. The Kier molecular flexibility index (Phi) is 8.76. The molecule has 112 valence electrons. The van der Waals surface area contributed by atoms with Crippen LogP contribution in [0, 0.1) is 0 Å². The summed E-state index contributed by atoms with van der Waals surface area (Å²) in [5.74, 6) is 0. The first kappa shape index (κ1) is 17.0. The molecule has 1 N–H and O–H groups in total. The van der Waals surface area contributed by atoms with Gasteiger partial charge in [-0.3, -0.25) is 8.78 Å². The molecule has 1 aliphatic carbocycles. The SMILES string of the molecule is OPOC1(CCCCF)CCCC=C1CCCCF. The Morgan fingerprint density at radius 3 is 2.63 bits per heavy atom. The molecule has 0 fully saturated rings. The van der Waals surface area contributed by atoms with Crippen LogP contribution in [0.3, 0.4) is 0 Å². The highest BCUT2D eigenvalue weighted by Gasteiger charge is 2.36. The van der Waals surface area contributed by atoms with Crippen molar-refractivity contribution >= 4 is 9.03 Å². The lowest BCUT2D eigenvalue weighted by atomic mass is 9.78. The lowest BCUT2D eigenvalue weighted by Crippen LogP contribution is -2.34. The summed E-state index contributed by atoms with van der Waals surface area (Å²) in [5.41, 5.74) is 0.768. The lowest BCUT2D eigenvalue weighted by molar-refractivity contribution is 0.0810. The van der Waals surface area contributed by atoms with Crippen molar-refractivity contribution in [1.82, 2.24) is 0 Å². The van der Waals surface area contributed by atoms with Crippen LogP contribution >= 0.6 is 9.03 Å². The second kappa shape index (κ2) is 9.79. The highest BCUT2D eigenvalue weighted by molar-refractivity contribution is 7.25. The molecule has 0 heterocycles. The van der Waals surface area contributed by atoms with Gasteiger partial charge < -0.3 is 9.42 Å². The molecule has 0 aliphatic heterocycles. The van der Waals surface area contributed by atoms with Crippen LogP contribution in [-0.4, -0.2) is 23.8 Å². The van der Waals surface area contributed by atoms with Gasteiger partial charge in [-0.1, -0.05) is 6.08 Å². The van der Waals surface area contributed by atoms with Gasteiger partial charge in [0, 0.05) is 0 Å². The van der Waals surface area contributed by atoms with Gasteiger partial charge in [0.1, 0.15) is 0 Å². The Morgan fingerprint density at radius 2 is 1.95 bits per heavy atom. The third kappa shape index (κ3) is 5.45. The highest BCUT2D eigenvalue weighted by atomic mass is 31.1. The molecule has 1 aliphatic rings. The maximum atomic E-state index is 12.3. The smallest absolute Gasteiger partial charge is 0.153 e. The van der Waals surface area contributed by atoms with E-state index in [4.69, 9.17) is 4.52 Å². The predicted molar refractivity (Wildman–Crippen MR) is 75.9 cm³/mol. The van der Waals surface area contributed by atoms with Gasteiger partial charge in [-0.25, -0.2) is 0 Å². The van der Waals surface area contributed by atoms with Crippen LogP contribution < -0.4 is 0 Å². The fourth-order valence-electron chi connectivity index (χ4n) is 2.80. The Morgan fingerprint density at radius 1 is 1.21 bits per heavy atom. The summed E-state index contributed by atoms with van der Waals surface area (Å²) >= 11 is 0. The van der Waals surface area contributed by atoms with Crippen molar-refractivity contribution in [2.24, 2.45) is 0 Å². The first-order valence-electron chi connectivity index (χ1n) is 7.17. The van der Waals surface area contributed by atoms with Gasteiger partial charge in [-0.15, -0.1) is 0 Å². The van der Waals surface area contributed by atoms with Gasteiger partial charge in [0.15, 0.2) is 9.03 Å². The van der Waals surface area contributed by atoms with Crippen LogP contribution in [0.2, 0.25) is 0 Å². The molecule has 0 aromatic carbocycles. The quantitative estimate of drug-likeness (QED) is 0.361. The van der Waals surface area contributed by atoms with Crippen LogP contribution in [0.4, 0.5) is 8.78 Å². The van der Waals surface area contributed by atoms with E-state index in [9.17, 15) is 13.7 Å².